The summed E-state index contributed by atoms with van der Waals surface area (Å²) in [4.78, 5) is 31.3. The summed E-state index contributed by atoms with van der Waals surface area (Å²) in [6.07, 6.45) is 0. The number of benzene rings is 2. The van der Waals surface area contributed by atoms with Gasteiger partial charge in [-0.3, -0.25) is 14.5 Å². The van der Waals surface area contributed by atoms with Crippen molar-refractivity contribution in [2.24, 2.45) is 0 Å². The highest BCUT2D eigenvalue weighted by Gasteiger charge is 2.42. The fourth-order valence-electron chi connectivity index (χ4n) is 4.71. The van der Waals surface area contributed by atoms with Crippen LogP contribution in [0.3, 0.4) is 0 Å². The summed E-state index contributed by atoms with van der Waals surface area (Å²) in [5.41, 5.74) is 2.87. The molecule has 172 valence electrons. The van der Waals surface area contributed by atoms with Gasteiger partial charge in [0.1, 0.15) is 5.58 Å². The first-order valence-electron chi connectivity index (χ1n) is 11.4. The molecule has 5 rings (SSSR count). The Kier molecular flexibility index (Phi) is 6.12. The largest absolute Gasteiger partial charge is 0.450 e. The predicted molar refractivity (Wildman–Crippen MR) is 131 cm³/mol. The highest BCUT2D eigenvalue weighted by molar-refractivity contribution is 9.10. The van der Waals surface area contributed by atoms with Crippen LogP contribution >= 0.6 is 15.9 Å². The molecule has 0 spiro atoms. The Morgan fingerprint density at radius 3 is 2.45 bits per heavy atom. The zero-order chi connectivity index (χ0) is 23.1. The van der Waals surface area contributed by atoms with E-state index in [2.05, 4.69) is 46.8 Å². The van der Waals surface area contributed by atoms with Crippen molar-refractivity contribution in [3.05, 3.63) is 79.6 Å². The molecule has 1 unspecified atom stereocenters. The predicted octanol–water partition coefficient (Wildman–Crippen LogP) is 4.56. The van der Waals surface area contributed by atoms with Crippen LogP contribution in [0.1, 0.15) is 53.1 Å². The van der Waals surface area contributed by atoms with Crippen molar-refractivity contribution in [3.63, 3.8) is 0 Å². The molecule has 1 saturated heterocycles. The lowest BCUT2D eigenvalue weighted by Crippen LogP contribution is -2.42. The number of ether oxygens (including phenoxy) is 1. The van der Waals surface area contributed by atoms with Gasteiger partial charge in [0.05, 0.1) is 30.2 Å². The van der Waals surface area contributed by atoms with Crippen molar-refractivity contribution in [1.82, 2.24) is 9.80 Å². The Morgan fingerprint density at radius 1 is 1.03 bits per heavy atom. The van der Waals surface area contributed by atoms with Gasteiger partial charge in [0, 0.05) is 30.7 Å². The number of fused-ring (bicyclic) bond motifs is 2. The van der Waals surface area contributed by atoms with E-state index in [1.54, 1.807) is 17.0 Å². The van der Waals surface area contributed by atoms with Crippen LogP contribution in [-0.4, -0.2) is 55.1 Å². The molecule has 0 saturated carbocycles. The van der Waals surface area contributed by atoms with Crippen LogP contribution in [0.15, 0.2) is 56.1 Å². The van der Waals surface area contributed by atoms with Crippen LogP contribution < -0.4 is 5.43 Å². The second kappa shape index (κ2) is 9.05. The standard InChI is InChI=1S/C26H27BrN2O4/c1-16(2)17-3-5-18(6-4-17)23-22-24(30)20-15-19(27)7-8-21(20)33-25(22)26(31)29(23)10-9-28-11-13-32-14-12-28/h3-8,15-16,23H,9-14H2,1-2H3. The molecule has 1 fully saturated rings. The van der Waals surface area contributed by atoms with E-state index in [1.807, 2.05) is 18.2 Å². The van der Waals surface area contributed by atoms with Crippen molar-refractivity contribution >= 4 is 32.8 Å². The molecule has 6 nitrogen and oxygen atoms in total. The van der Waals surface area contributed by atoms with Crippen molar-refractivity contribution in [1.29, 1.82) is 0 Å². The Morgan fingerprint density at radius 2 is 1.76 bits per heavy atom. The summed E-state index contributed by atoms with van der Waals surface area (Å²) in [6.45, 7) is 8.63. The monoisotopic (exact) mass is 510 g/mol. The minimum atomic E-state index is -0.464. The van der Waals surface area contributed by atoms with E-state index in [-0.39, 0.29) is 17.1 Å². The number of hydrogen-bond donors (Lipinski definition) is 0. The third kappa shape index (κ3) is 4.14. The normalized spacial score (nSPS) is 19.0. The highest BCUT2D eigenvalue weighted by Crippen LogP contribution is 2.38. The summed E-state index contributed by atoms with van der Waals surface area (Å²) in [5, 5.41) is 0.481. The number of carbonyl (C=O) groups is 1. The van der Waals surface area contributed by atoms with E-state index in [4.69, 9.17) is 9.15 Å². The van der Waals surface area contributed by atoms with Crippen molar-refractivity contribution in [3.8, 4) is 0 Å². The van der Waals surface area contributed by atoms with Gasteiger partial charge in [0.15, 0.2) is 5.43 Å². The second-order valence-electron chi connectivity index (χ2n) is 8.99. The topological polar surface area (TPSA) is 63.0 Å². The van der Waals surface area contributed by atoms with E-state index >= 15 is 0 Å². The number of morpholine rings is 1. The van der Waals surface area contributed by atoms with Crippen LogP contribution in [0, 0.1) is 0 Å². The van der Waals surface area contributed by atoms with Crippen LogP contribution in [-0.2, 0) is 4.74 Å². The molecule has 2 aromatic carbocycles. The maximum atomic E-state index is 13.6. The lowest BCUT2D eigenvalue weighted by molar-refractivity contribution is 0.0314. The van der Waals surface area contributed by atoms with Crippen LogP contribution in [0.5, 0.6) is 0 Å². The maximum Gasteiger partial charge on any atom is 0.290 e. The van der Waals surface area contributed by atoms with Gasteiger partial charge in [-0.2, -0.15) is 0 Å². The van der Waals surface area contributed by atoms with Gasteiger partial charge in [-0.1, -0.05) is 54.0 Å². The lowest BCUT2D eigenvalue weighted by Gasteiger charge is -2.31. The number of nitrogens with zero attached hydrogens (tertiary/aromatic N) is 2. The maximum absolute atomic E-state index is 13.6. The van der Waals surface area contributed by atoms with Crippen LogP contribution in [0.25, 0.3) is 11.0 Å². The molecule has 1 aromatic heterocycles. The van der Waals surface area contributed by atoms with E-state index in [0.717, 1.165) is 29.7 Å². The minimum absolute atomic E-state index is 0.146. The summed E-state index contributed by atoms with van der Waals surface area (Å²) in [5.74, 6) is 0.341. The van der Waals surface area contributed by atoms with E-state index < -0.39 is 6.04 Å². The SMILES string of the molecule is CC(C)c1ccc(C2c3c(oc4ccc(Br)cc4c3=O)C(=O)N2CCN2CCOCC2)cc1. The van der Waals surface area contributed by atoms with Gasteiger partial charge in [0.2, 0.25) is 5.76 Å². The molecule has 7 heteroatoms. The molecule has 2 aliphatic heterocycles. The van der Waals surface area contributed by atoms with Crippen molar-refractivity contribution < 1.29 is 13.9 Å². The van der Waals surface area contributed by atoms with E-state index in [9.17, 15) is 9.59 Å². The summed E-state index contributed by atoms with van der Waals surface area (Å²) < 4.78 is 12.3. The molecule has 3 aromatic rings. The van der Waals surface area contributed by atoms with Gasteiger partial charge in [-0.05, 0) is 35.2 Å². The molecule has 0 radical (unpaired) electrons. The molecular weight excluding hydrogens is 484 g/mol. The molecule has 1 atom stereocenters. The van der Waals surface area contributed by atoms with Crippen molar-refractivity contribution in [2.45, 2.75) is 25.8 Å². The molecule has 0 bridgehead atoms. The molecule has 1 amide bonds. The lowest BCUT2D eigenvalue weighted by atomic mass is 9.95. The number of rotatable bonds is 5. The summed E-state index contributed by atoms with van der Waals surface area (Å²) >= 11 is 3.45. The molecule has 2 aliphatic rings. The van der Waals surface area contributed by atoms with E-state index in [1.165, 1.54) is 5.56 Å². The van der Waals surface area contributed by atoms with Gasteiger partial charge >= 0.3 is 0 Å². The Labute approximate surface area is 201 Å². The Bertz CT molecular complexity index is 1250. The third-order valence-corrected chi connectivity index (χ3v) is 7.10. The quantitative estimate of drug-likeness (QED) is 0.503. The minimum Gasteiger partial charge on any atom is -0.450 e. The molecule has 3 heterocycles. The number of amides is 1. The van der Waals surface area contributed by atoms with Gasteiger partial charge in [0.25, 0.3) is 5.91 Å². The van der Waals surface area contributed by atoms with Crippen LogP contribution in [0.2, 0.25) is 0 Å². The smallest absolute Gasteiger partial charge is 0.290 e. The zero-order valence-electron chi connectivity index (χ0n) is 18.8. The molecular formula is C26H27BrN2O4. The average Bonchev–Trinajstić information content (AvgIpc) is 3.10. The second-order valence-corrected chi connectivity index (χ2v) is 9.91. The van der Waals surface area contributed by atoms with Gasteiger partial charge < -0.3 is 14.1 Å². The molecule has 33 heavy (non-hydrogen) atoms. The Balaban J connectivity index is 1.59. The van der Waals surface area contributed by atoms with Crippen molar-refractivity contribution in [2.75, 3.05) is 39.4 Å². The fourth-order valence-corrected chi connectivity index (χ4v) is 5.07. The molecule has 0 aliphatic carbocycles. The fraction of sp³-hybridized carbons (Fsp3) is 0.385. The summed E-state index contributed by atoms with van der Waals surface area (Å²) in [7, 11) is 0. The number of carbonyl (C=O) groups excluding carboxylic acids is 1. The van der Waals surface area contributed by atoms with Gasteiger partial charge in [-0.15, -0.1) is 0 Å². The third-order valence-electron chi connectivity index (χ3n) is 6.61. The molecule has 0 N–H and O–H groups in total. The Hall–Kier alpha value is -2.48. The first-order valence-corrected chi connectivity index (χ1v) is 12.2. The first-order chi connectivity index (χ1) is 15.9. The van der Waals surface area contributed by atoms with Crippen LogP contribution in [0.4, 0.5) is 0 Å². The first kappa shape index (κ1) is 22.3. The number of halogens is 1. The van der Waals surface area contributed by atoms with E-state index in [0.29, 0.717) is 42.2 Å². The van der Waals surface area contributed by atoms with Gasteiger partial charge in [-0.25, -0.2) is 0 Å². The highest BCUT2D eigenvalue weighted by atomic mass is 79.9. The average molecular weight is 511 g/mol. The zero-order valence-corrected chi connectivity index (χ0v) is 20.4. The number of hydrogen-bond acceptors (Lipinski definition) is 5. The summed E-state index contributed by atoms with van der Waals surface area (Å²) in [6, 6.07) is 13.1.